The first-order chi connectivity index (χ1) is 9.10. The molecule has 19 heavy (non-hydrogen) atoms. The van der Waals surface area contributed by atoms with Crippen molar-refractivity contribution < 1.29 is 4.74 Å². The molecule has 5 heteroatoms. The lowest BCUT2D eigenvalue weighted by Gasteiger charge is -2.11. The molecule has 2 aromatic rings. The Hall–Kier alpha value is -1.65. The molecule has 0 heterocycles. The summed E-state index contributed by atoms with van der Waals surface area (Å²) in [5.74, 6) is 1.12. The summed E-state index contributed by atoms with van der Waals surface area (Å²) < 4.78 is 5.74. The lowest BCUT2D eigenvalue weighted by Crippen LogP contribution is -2.12. The van der Waals surface area contributed by atoms with Crippen molar-refractivity contribution in [3.63, 3.8) is 0 Å². The van der Waals surface area contributed by atoms with Crippen LogP contribution in [0.4, 0.5) is 0 Å². The molecular formula is C14H13ClN2OS. The summed E-state index contributed by atoms with van der Waals surface area (Å²) >= 11 is 7.60. The number of hydrogen-bond donors (Lipinski definition) is 2. The Morgan fingerprint density at radius 1 is 1.21 bits per heavy atom. The fourth-order valence-corrected chi connectivity index (χ4v) is 2.14. The maximum Gasteiger partial charge on any atom is 0.139 e. The number of thioether (sulfide) groups is 1. The van der Waals surface area contributed by atoms with E-state index in [0.717, 1.165) is 4.90 Å². The molecule has 0 aliphatic heterocycles. The Morgan fingerprint density at radius 2 is 1.89 bits per heavy atom. The lowest BCUT2D eigenvalue weighted by molar-refractivity contribution is 0.481. The molecule has 0 spiro atoms. The zero-order chi connectivity index (χ0) is 13.8. The molecule has 0 amide bonds. The van der Waals surface area contributed by atoms with E-state index < -0.39 is 0 Å². The number of halogens is 1. The third-order valence-corrected chi connectivity index (χ3v) is 3.50. The van der Waals surface area contributed by atoms with Crippen molar-refractivity contribution in [2.75, 3.05) is 6.26 Å². The van der Waals surface area contributed by atoms with Gasteiger partial charge in [0.1, 0.15) is 17.3 Å². The molecule has 0 bridgehead atoms. The van der Waals surface area contributed by atoms with Crippen LogP contribution < -0.4 is 10.5 Å². The second-order valence-electron chi connectivity index (χ2n) is 3.83. The number of nitrogens with two attached hydrogens (primary N) is 1. The van der Waals surface area contributed by atoms with Crippen molar-refractivity contribution >= 4 is 29.2 Å². The molecule has 0 fully saturated rings. The predicted octanol–water partition coefficient (Wildman–Crippen LogP) is 4.14. The van der Waals surface area contributed by atoms with Crippen molar-refractivity contribution in [1.29, 1.82) is 5.41 Å². The average molecular weight is 293 g/mol. The van der Waals surface area contributed by atoms with Crippen LogP contribution in [0.3, 0.4) is 0 Å². The van der Waals surface area contributed by atoms with Crippen LogP contribution in [0.1, 0.15) is 5.56 Å². The van der Waals surface area contributed by atoms with Crippen molar-refractivity contribution in [2.24, 2.45) is 5.73 Å². The van der Waals surface area contributed by atoms with Gasteiger partial charge in [0.25, 0.3) is 0 Å². The second-order valence-corrected chi connectivity index (χ2v) is 5.15. The van der Waals surface area contributed by atoms with E-state index in [1.165, 1.54) is 0 Å². The van der Waals surface area contributed by atoms with Gasteiger partial charge < -0.3 is 10.5 Å². The minimum Gasteiger partial charge on any atom is -0.457 e. The van der Waals surface area contributed by atoms with E-state index in [2.05, 4.69) is 0 Å². The summed E-state index contributed by atoms with van der Waals surface area (Å²) in [5.41, 5.74) is 6.05. The van der Waals surface area contributed by atoms with Gasteiger partial charge in [0.15, 0.2) is 0 Å². The number of amidine groups is 1. The first-order valence-corrected chi connectivity index (χ1v) is 7.16. The van der Waals surface area contributed by atoms with Gasteiger partial charge >= 0.3 is 0 Å². The van der Waals surface area contributed by atoms with E-state index in [-0.39, 0.29) is 5.84 Å². The predicted molar refractivity (Wildman–Crippen MR) is 80.8 cm³/mol. The zero-order valence-corrected chi connectivity index (χ0v) is 11.9. The first-order valence-electron chi connectivity index (χ1n) is 5.56. The van der Waals surface area contributed by atoms with Gasteiger partial charge in [-0.05, 0) is 42.7 Å². The summed E-state index contributed by atoms with van der Waals surface area (Å²) in [4.78, 5) is 1.16. The molecule has 3 N–H and O–H groups in total. The minimum absolute atomic E-state index is 0.0487. The van der Waals surface area contributed by atoms with Gasteiger partial charge in [-0.1, -0.05) is 11.6 Å². The van der Waals surface area contributed by atoms with Crippen LogP contribution in [0.15, 0.2) is 47.4 Å². The van der Waals surface area contributed by atoms with Gasteiger partial charge in [0.05, 0.1) is 5.56 Å². The SMILES string of the molecule is CSc1ccc(Oc2cc(Cl)ccc2C(=N)N)cc1. The van der Waals surface area contributed by atoms with Crippen molar-refractivity contribution in [1.82, 2.24) is 0 Å². The Morgan fingerprint density at radius 3 is 2.47 bits per heavy atom. The fourth-order valence-electron chi connectivity index (χ4n) is 1.57. The molecule has 0 saturated heterocycles. The monoisotopic (exact) mass is 292 g/mol. The molecule has 2 rings (SSSR count). The summed E-state index contributed by atoms with van der Waals surface area (Å²) in [6, 6.07) is 12.7. The van der Waals surface area contributed by atoms with Gasteiger partial charge in [-0.15, -0.1) is 11.8 Å². The average Bonchev–Trinajstić information content (AvgIpc) is 2.39. The summed E-state index contributed by atoms with van der Waals surface area (Å²) in [6.45, 7) is 0. The molecular weight excluding hydrogens is 280 g/mol. The highest BCUT2D eigenvalue weighted by molar-refractivity contribution is 7.98. The molecule has 0 aromatic heterocycles. The van der Waals surface area contributed by atoms with Gasteiger partial charge in [-0.2, -0.15) is 0 Å². The minimum atomic E-state index is -0.0487. The highest BCUT2D eigenvalue weighted by Gasteiger charge is 2.08. The third kappa shape index (κ3) is 3.43. The summed E-state index contributed by atoms with van der Waals surface area (Å²) in [5, 5.41) is 8.07. The van der Waals surface area contributed by atoms with Crippen molar-refractivity contribution in [3.05, 3.63) is 53.1 Å². The number of nitrogen functional groups attached to an aromatic ring is 1. The summed E-state index contributed by atoms with van der Waals surface area (Å²) in [6.07, 6.45) is 2.01. The van der Waals surface area contributed by atoms with E-state index in [9.17, 15) is 0 Å². The topological polar surface area (TPSA) is 59.1 Å². The number of ether oxygens (including phenoxy) is 1. The smallest absolute Gasteiger partial charge is 0.139 e. The standard InChI is InChI=1S/C14H13ClN2OS/c1-19-11-5-3-10(4-6-11)18-13-8-9(15)2-7-12(13)14(16)17/h2-8H,1H3,(H3,16,17). The maximum atomic E-state index is 7.53. The van der Waals surface area contributed by atoms with Crippen molar-refractivity contribution in [3.8, 4) is 11.5 Å². The van der Waals surface area contributed by atoms with Gasteiger partial charge in [-0.25, -0.2) is 0 Å². The highest BCUT2D eigenvalue weighted by Crippen LogP contribution is 2.29. The van der Waals surface area contributed by atoms with Gasteiger partial charge in [0.2, 0.25) is 0 Å². The van der Waals surface area contributed by atoms with Crippen LogP contribution in [-0.2, 0) is 0 Å². The number of nitrogens with one attached hydrogen (secondary N) is 1. The fraction of sp³-hybridized carbons (Fsp3) is 0.0714. The second kappa shape index (κ2) is 5.99. The largest absolute Gasteiger partial charge is 0.457 e. The van der Waals surface area contributed by atoms with E-state index in [4.69, 9.17) is 27.5 Å². The lowest BCUT2D eigenvalue weighted by atomic mass is 10.2. The van der Waals surface area contributed by atoms with Crippen LogP contribution in [0.25, 0.3) is 0 Å². The Balaban J connectivity index is 2.31. The Kier molecular flexibility index (Phi) is 4.35. The van der Waals surface area contributed by atoms with Crippen LogP contribution in [0.2, 0.25) is 5.02 Å². The molecule has 0 unspecified atom stereocenters. The molecule has 98 valence electrons. The number of hydrogen-bond acceptors (Lipinski definition) is 3. The third-order valence-electron chi connectivity index (χ3n) is 2.52. The normalized spacial score (nSPS) is 10.2. The van der Waals surface area contributed by atoms with Gasteiger partial charge in [0, 0.05) is 16.0 Å². The molecule has 0 radical (unpaired) electrons. The van der Waals surface area contributed by atoms with Crippen molar-refractivity contribution in [2.45, 2.75) is 4.90 Å². The maximum absolute atomic E-state index is 7.53. The molecule has 0 aliphatic rings. The van der Waals surface area contributed by atoms with E-state index in [0.29, 0.717) is 22.1 Å². The first kappa shape index (κ1) is 13.8. The van der Waals surface area contributed by atoms with Crippen LogP contribution >= 0.6 is 23.4 Å². The highest BCUT2D eigenvalue weighted by atomic mass is 35.5. The molecule has 0 aliphatic carbocycles. The van der Waals surface area contributed by atoms with E-state index in [1.54, 1.807) is 30.0 Å². The van der Waals surface area contributed by atoms with Crippen LogP contribution in [-0.4, -0.2) is 12.1 Å². The Bertz CT molecular complexity index is 599. The van der Waals surface area contributed by atoms with Gasteiger partial charge in [-0.3, -0.25) is 5.41 Å². The quantitative estimate of drug-likeness (QED) is 0.506. The zero-order valence-electron chi connectivity index (χ0n) is 10.3. The molecule has 2 aromatic carbocycles. The van der Waals surface area contributed by atoms with E-state index >= 15 is 0 Å². The van der Waals surface area contributed by atoms with E-state index in [1.807, 2.05) is 30.5 Å². The van der Waals surface area contributed by atoms with Crippen LogP contribution in [0.5, 0.6) is 11.5 Å². The number of benzene rings is 2. The number of rotatable bonds is 4. The molecule has 3 nitrogen and oxygen atoms in total. The summed E-state index contributed by atoms with van der Waals surface area (Å²) in [7, 11) is 0. The Labute approximate surface area is 121 Å². The molecule has 0 atom stereocenters. The molecule has 0 saturated carbocycles. The van der Waals surface area contributed by atoms with Crippen LogP contribution in [0, 0.1) is 5.41 Å².